The van der Waals surface area contributed by atoms with Crippen molar-refractivity contribution in [1.29, 1.82) is 0 Å². The van der Waals surface area contributed by atoms with Gasteiger partial charge in [-0.05, 0) is 28.8 Å². The van der Waals surface area contributed by atoms with Crippen LogP contribution in [0.3, 0.4) is 0 Å². The van der Waals surface area contributed by atoms with Gasteiger partial charge in [0.25, 0.3) is 0 Å². The van der Waals surface area contributed by atoms with Crippen molar-refractivity contribution >= 4 is 17.0 Å². The summed E-state index contributed by atoms with van der Waals surface area (Å²) in [7, 11) is 0. The Hall–Kier alpha value is -2.35. The molecule has 0 atom stereocenters. The second-order valence-corrected chi connectivity index (χ2v) is 4.16. The number of nitrogen functional groups attached to an aromatic ring is 1. The number of hydrogen-bond acceptors (Lipinski definition) is 2. The highest BCUT2D eigenvalue weighted by Crippen LogP contribution is 2.35. The van der Waals surface area contributed by atoms with Crippen LogP contribution in [0.5, 0.6) is 0 Å². The minimum atomic E-state index is 0.0234. The summed E-state index contributed by atoms with van der Waals surface area (Å²) in [5.74, 6) is 0.0234. The summed E-state index contributed by atoms with van der Waals surface area (Å²) < 4.78 is 0. The molecule has 0 saturated heterocycles. The van der Waals surface area contributed by atoms with E-state index in [1.807, 2.05) is 30.3 Å². The maximum atomic E-state index is 12.3. The van der Waals surface area contributed by atoms with E-state index < -0.39 is 0 Å². The van der Waals surface area contributed by atoms with Crippen LogP contribution in [0.15, 0.2) is 49.0 Å². The molecule has 0 aliphatic heterocycles. The molecule has 0 heterocycles. The molecule has 2 heteroatoms. The van der Waals surface area contributed by atoms with Gasteiger partial charge in [-0.15, -0.1) is 0 Å². The molecule has 0 aromatic heterocycles. The second-order valence-electron chi connectivity index (χ2n) is 4.16. The van der Waals surface area contributed by atoms with Gasteiger partial charge in [0.2, 0.25) is 0 Å². The molecule has 0 fully saturated rings. The van der Waals surface area contributed by atoms with Crippen molar-refractivity contribution < 1.29 is 4.79 Å². The fourth-order valence-electron chi connectivity index (χ4n) is 2.25. The van der Waals surface area contributed by atoms with Crippen LogP contribution in [0.2, 0.25) is 0 Å². The molecular weight excluding hydrogens is 210 g/mol. The highest BCUT2D eigenvalue weighted by molar-refractivity contribution is 6.18. The van der Waals surface area contributed by atoms with E-state index in [4.69, 9.17) is 5.73 Å². The molecule has 2 nitrogen and oxygen atoms in total. The van der Waals surface area contributed by atoms with E-state index in [0.717, 1.165) is 16.7 Å². The summed E-state index contributed by atoms with van der Waals surface area (Å²) in [4.78, 5) is 12.3. The number of nitrogens with two attached hydrogens (primary N) is 1. The van der Waals surface area contributed by atoms with Gasteiger partial charge in [0.1, 0.15) is 0 Å². The number of rotatable bonds is 0. The van der Waals surface area contributed by atoms with Gasteiger partial charge in [-0.3, -0.25) is 4.79 Å². The molecule has 0 saturated carbocycles. The van der Waals surface area contributed by atoms with Crippen molar-refractivity contribution in [2.75, 3.05) is 5.73 Å². The third-order valence-corrected chi connectivity index (χ3v) is 3.11. The van der Waals surface area contributed by atoms with E-state index in [2.05, 4.69) is 6.58 Å². The number of benzene rings is 2. The summed E-state index contributed by atoms with van der Waals surface area (Å²) in [5.41, 5.74) is 10.4. The predicted octanol–water partition coefficient (Wildman–Crippen LogP) is 2.87. The molecule has 1 aliphatic rings. The average Bonchev–Trinajstić information content (AvgIpc) is 2.36. The number of fused-ring (bicyclic) bond motifs is 2. The Morgan fingerprint density at radius 2 is 1.53 bits per heavy atom. The second kappa shape index (κ2) is 3.32. The minimum absolute atomic E-state index is 0.0234. The first-order valence-corrected chi connectivity index (χ1v) is 5.41. The maximum absolute atomic E-state index is 12.3. The first-order valence-electron chi connectivity index (χ1n) is 5.41. The van der Waals surface area contributed by atoms with Crippen molar-refractivity contribution in [3.63, 3.8) is 0 Å². The maximum Gasteiger partial charge on any atom is 0.194 e. The number of ketones is 1. The molecule has 2 aromatic carbocycles. The third kappa shape index (κ3) is 1.31. The van der Waals surface area contributed by atoms with Gasteiger partial charge in [0.05, 0.1) is 0 Å². The number of carbonyl (C=O) groups is 1. The lowest BCUT2D eigenvalue weighted by Gasteiger charge is -2.20. The van der Waals surface area contributed by atoms with E-state index in [0.29, 0.717) is 16.8 Å². The van der Waals surface area contributed by atoms with Crippen LogP contribution in [-0.4, -0.2) is 5.78 Å². The number of anilines is 1. The van der Waals surface area contributed by atoms with Gasteiger partial charge in [-0.1, -0.05) is 36.9 Å². The lowest BCUT2D eigenvalue weighted by Crippen LogP contribution is -2.14. The van der Waals surface area contributed by atoms with Gasteiger partial charge < -0.3 is 5.73 Å². The van der Waals surface area contributed by atoms with Gasteiger partial charge in [0, 0.05) is 16.8 Å². The van der Waals surface area contributed by atoms with Gasteiger partial charge in [-0.2, -0.15) is 0 Å². The first kappa shape index (κ1) is 9.85. The lowest BCUT2D eigenvalue weighted by atomic mass is 9.82. The smallest absolute Gasteiger partial charge is 0.194 e. The van der Waals surface area contributed by atoms with Crippen molar-refractivity contribution in [3.05, 3.63) is 71.3 Å². The van der Waals surface area contributed by atoms with Gasteiger partial charge >= 0.3 is 0 Å². The quantitative estimate of drug-likeness (QED) is 0.593. The topological polar surface area (TPSA) is 43.1 Å². The molecule has 3 rings (SSSR count). The fraction of sp³-hybridized carbons (Fsp3) is 0. The third-order valence-electron chi connectivity index (χ3n) is 3.11. The molecule has 1 aliphatic carbocycles. The molecule has 17 heavy (non-hydrogen) atoms. The minimum Gasteiger partial charge on any atom is -0.399 e. The van der Waals surface area contributed by atoms with E-state index >= 15 is 0 Å². The highest BCUT2D eigenvalue weighted by Gasteiger charge is 2.25. The summed E-state index contributed by atoms with van der Waals surface area (Å²) in [6.07, 6.45) is 0. The van der Waals surface area contributed by atoms with Crippen molar-refractivity contribution in [2.45, 2.75) is 0 Å². The molecule has 2 aromatic rings. The molecule has 0 radical (unpaired) electrons. The van der Waals surface area contributed by atoms with Crippen molar-refractivity contribution in [3.8, 4) is 0 Å². The SMILES string of the molecule is C=C1c2ccccc2C(=O)c2cc(N)ccc21. The van der Waals surface area contributed by atoms with Crippen molar-refractivity contribution in [1.82, 2.24) is 0 Å². The largest absolute Gasteiger partial charge is 0.399 e. The van der Waals surface area contributed by atoms with Crippen molar-refractivity contribution in [2.24, 2.45) is 0 Å². The Kier molecular flexibility index (Phi) is 1.92. The predicted molar refractivity (Wildman–Crippen MR) is 68.9 cm³/mol. The normalized spacial score (nSPS) is 13.2. The van der Waals surface area contributed by atoms with Crippen LogP contribution in [0, 0.1) is 0 Å². The zero-order chi connectivity index (χ0) is 12.0. The Bertz CT molecular complexity index is 656. The van der Waals surface area contributed by atoms with Gasteiger partial charge in [0.15, 0.2) is 5.78 Å². The van der Waals surface area contributed by atoms with E-state index in [-0.39, 0.29) is 5.78 Å². The van der Waals surface area contributed by atoms with Crippen LogP contribution < -0.4 is 5.73 Å². The van der Waals surface area contributed by atoms with Gasteiger partial charge in [-0.25, -0.2) is 0 Å². The number of carbonyl (C=O) groups excluding carboxylic acids is 1. The molecular formula is C15H11NO. The highest BCUT2D eigenvalue weighted by atomic mass is 16.1. The Morgan fingerprint density at radius 3 is 2.29 bits per heavy atom. The average molecular weight is 221 g/mol. The fourth-order valence-corrected chi connectivity index (χ4v) is 2.25. The first-order chi connectivity index (χ1) is 8.18. The Morgan fingerprint density at radius 1 is 0.882 bits per heavy atom. The monoisotopic (exact) mass is 221 g/mol. The Balaban J connectivity index is 2.33. The zero-order valence-electron chi connectivity index (χ0n) is 9.23. The van der Waals surface area contributed by atoms with Crippen LogP contribution in [0.4, 0.5) is 5.69 Å². The van der Waals surface area contributed by atoms with Crippen LogP contribution in [-0.2, 0) is 0 Å². The summed E-state index contributed by atoms with van der Waals surface area (Å²) in [5, 5.41) is 0. The molecule has 0 unspecified atom stereocenters. The Labute approximate surface area is 99.4 Å². The van der Waals surface area contributed by atoms with Crippen LogP contribution in [0.1, 0.15) is 27.0 Å². The standard InChI is InChI=1S/C15H11NO/c1-9-11-4-2-3-5-13(11)15(17)14-8-10(16)6-7-12(9)14/h2-8H,1,16H2. The van der Waals surface area contributed by atoms with Crippen LogP contribution in [0.25, 0.3) is 5.57 Å². The molecule has 0 bridgehead atoms. The summed E-state index contributed by atoms with van der Waals surface area (Å²) >= 11 is 0. The van der Waals surface area contributed by atoms with E-state index in [1.54, 1.807) is 12.1 Å². The molecule has 0 spiro atoms. The number of hydrogen-bond donors (Lipinski definition) is 1. The van der Waals surface area contributed by atoms with E-state index in [1.165, 1.54) is 0 Å². The van der Waals surface area contributed by atoms with Crippen LogP contribution >= 0.6 is 0 Å². The molecule has 0 amide bonds. The lowest BCUT2D eigenvalue weighted by molar-refractivity contribution is 0.103. The molecule has 2 N–H and O–H groups in total. The van der Waals surface area contributed by atoms with E-state index in [9.17, 15) is 4.79 Å². The molecule has 82 valence electrons. The summed E-state index contributed by atoms with van der Waals surface area (Å²) in [6, 6.07) is 12.9. The zero-order valence-corrected chi connectivity index (χ0v) is 9.23. The summed E-state index contributed by atoms with van der Waals surface area (Å²) in [6.45, 7) is 4.07.